The molecular weight excluding hydrogens is 379 g/mol. The summed E-state index contributed by atoms with van der Waals surface area (Å²) in [6.45, 7) is 2.29. The summed E-state index contributed by atoms with van der Waals surface area (Å²) in [6, 6.07) is 15.8. The van der Waals surface area contributed by atoms with Crippen LogP contribution in [0, 0.1) is 11.7 Å². The van der Waals surface area contributed by atoms with Crippen molar-refractivity contribution in [3.05, 3.63) is 59.9 Å². The van der Waals surface area contributed by atoms with Crippen LogP contribution in [0.1, 0.15) is 115 Å². The van der Waals surface area contributed by atoms with Crippen LogP contribution in [-0.2, 0) is 0 Å². The third kappa shape index (κ3) is 8.43. The Labute approximate surface area is 190 Å². The molecule has 2 aromatic rings. The van der Waals surface area contributed by atoms with Crippen molar-refractivity contribution < 1.29 is 4.39 Å². The Morgan fingerprint density at radius 3 is 1.65 bits per heavy atom. The molecule has 170 valence electrons. The smallest absolute Gasteiger partial charge is 0.123 e. The molecule has 1 fully saturated rings. The quantitative estimate of drug-likeness (QED) is 0.282. The highest BCUT2D eigenvalue weighted by Gasteiger charge is 2.22. The molecule has 1 heteroatoms. The Balaban J connectivity index is 1.28. The van der Waals surface area contributed by atoms with Gasteiger partial charge in [0.1, 0.15) is 5.82 Å². The van der Waals surface area contributed by atoms with Crippen molar-refractivity contribution >= 4 is 0 Å². The van der Waals surface area contributed by atoms with Crippen molar-refractivity contribution in [3.63, 3.8) is 0 Å². The van der Waals surface area contributed by atoms with E-state index in [0.29, 0.717) is 0 Å². The van der Waals surface area contributed by atoms with Crippen molar-refractivity contribution in [2.75, 3.05) is 0 Å². The zero-order chi connectivity index (χ0) is 21.7. The molecule has 1 aliphatic carbocycles. The summed E-state index contributed by atoms with van der Waals surface area (Å²) < 4.78 is 13.1. The van der Waals surface area contributed by atoms with Crippen molar-refractivity contribution in [1.29, 1.82) is 0 Å². The first-order valence-corrected chi connectivity index (χ1v) is 13.1. The highest BCUT2D eigenvalue weighted by Crippen LogP contribution is 2.38. The van der Waals surface area contributed by atoms with E-state index in [4.69, 9.17) is 0 Å². The summed E-state index contributed by atoms with van der Waals surface area (Å²) in [5.41, 5.74) is 3.76. The fourth-order valence-corrected chi connectivity index (χ4v) is 5.29. The van der Waals surface area contributed by atoms with Crippen LogP contribution in [0.15, 0.2) is 48.5 Å². The standard InChI is InChI=1S/C30H43F/c1-2-3-4-5-6-7-8-9-10-11-12-25-13-15-26(16-14-25)27-17-19-28(20-18-27)29-21-23-30(31)24-22-29/h17-26H,2-16H2,1H3. The SMILES string of the molecule is CCCCCCCCCCCCC1CCC(c2ccc(-c3ccc(F)cc3)cc2)CC1. The zero-order valence-electron chi connectivity index (χ0n) is 19.8. The number of halogens is 1. The molecule has 0 nitrogen and oxygen atoms in total. The van der Waals surface area contributed by atoms with Gasteiger partial charge in [-0.25, -0.2) is 4.39 Å². The Morgan fingerprint density at radius 2 is 1.10 bits per heavy atom. The molecule has 0 bridgehead atoms. The van der Waals surface area contributed by atoms with Crippen molar-refractivity contribution in [2.24, 2.45) is 5.92 Å². The molecule has 3 rings (SSSR count). The number of rotatable bonds is 13. The topological polar surface area (TPSA) is 0 Å². The first kappa shape index (κ1) is 24.0. The van der Waals surface area contributed by atoms with Crippen LogP contribution in [0.3, 0.4) is 0 Å². The Hall–Kier alpha value is -1.63. The molecule has 2 aromatic carbocycles. The lowest BCUT2D eigenvalue weighted by Gasteiger charge is -2.29. The van der Waals surface area contributed by atoms with Gasteiger partial charge in [0, 0.05) is 0 Å². The van der Waals surface area contributed by atoms with Crippen LogP contribution in [0.2, 0.25) is 0 Å². The van der Waals surface area contributed by atoms with Crippen LogP contribution < -0.4 is 0 Å². The van der Waals surface area contributed by atoms with E-state index in [1.165, 1.54) is 107 Å². The third-order valence-electron chi connectivity index (χ3n) is 7.37. The average Bonchev–Trinajstić information content (AvgIpc) is 2.81. The van der Waals surface area contributed by atoms with Gasteiger partial charge in [0.2, 0.25) is 0 Å². The summed E-state index contributed by atoms with van der Waals surface area (Å²) in [5.74, 6) is 1.52. The Bertz CT molecular complexity index is 707. The predicted octanol–water partition coefficient (Wildman–Crippen LogP) is 10.1. The minimum absolute atomic E-state index is 0.171. The lowest BCUT2D eigenvalue weighted by atomic mass is 9.77. The zero-order valence-corrected chi connectivity index (χ0v) is 19.8. The van der Waals surface area contributed by atoms with Gasteiger partial charge in [-0.2, -0.15) is 0 Å². The van der Waals surface area contributed by atoms with Gasteiger partial charge in [0.05, 0.1) is 0 Å². The number of unbranched alkanes of at least 4 members (excludes halogenated alkanes) is 9. The lowest BCUT2D eigenvalue weighted by molar-refractivity contribution is 0.302. The van der Waals surface area contributed by atoms with Gasteiger partial charge >= 0.3 is 0 Å². The fourth-order valence-electron chi connectivity index (χ4n) is 5.29. The normalized spacial score (nSPS) is 18.9. The molecule has 0 heterocycles. The van der Waals surface area contributed by atoms with Crippen LogP contribution in [0.5, 0.6) is 0 Å². The molecule has 0 saturated heterocycles. The summed E-state index contributed by atoms with van der Waals surface area (Å²) in [6.07, 6.45) is 21.3. The van der Waals surface area contributed by atoms with Gasteiger partial charge in [0.15, 0.2) is 0 Å². The highest BCUT2D eigenvalue weighted by atomic mass is 19.1. The summed E-state index contributed by atoms with van der Waals surface area (Å²) in [5, 5.41) is 0. The molecule has 1 aliphatic rings. The molecule has 31 heavy (non-hydrogen) atoms. The molecule has 0 aromatic heterocycles. The maximum absolute atomic E-state index is 13.1. The van der Waals surface area contributed by atoms with E-state index in [-0.39, 0.29) is 5.82 Å². The van der Waals surface area contributed by atoms with E-state index in [1.807, 2.05) is 12.1 Å². The van der Waals surface area contributed by atoms with E-state index in [9.17, 15) is 4.39 Å². The summed E-state index contributed by atoms with van der Waals surface area (Å²) >= 11 is 0. The van der Waals surface area contributed by atoms with E-state index in [1.54, 1.807) is 12.1 Å². The maximum atomic E-state index is 13.1. The first-order valence-electron chi connectivity index (χ1n) is 13.1. The van der Waals surface area contributed by atoms with Gasteiger partial charge in [-0.15, -0.1) is 0 Å². The maximum Gasteiger partial charge on any atom is 0.123 e. The second kappa shape index (κ2) is 13.7. The molecule has 0 spiro atoms. The van der Waals surface area contributed by atoms with Gasteiger partial charge in [-0.3, -0.25) is 0 Å². The third-order valence-corrected chi connectivity index (χ3v) is 7.37. The largest absolute Gasteiger partial charge is 0.207 e. The Kier molecular flexibility index (Phi) is 10.6. The summed E-state index contributed by atoms with van der Waals surface area (Å²) in [7, 11) is 0. The average molecular weight is 423 g/mol. The predicted molar refractivity (Wildman–Crippen MR) is 133 cm³/mol. The first-order chi connectivity index (χ1) is 15.3. The van der Waals surface area contributed by atoms with Gasteiger partial charge in [-0.05, 0) is 66.3 Å². The van der Waals surface area contributed by atoms with Gasteiger partial charge < -0.3 is 0 Å². The van der Waals surface area contributed by atoms with Crippen LogP contribution in [-0.4, -0.2) is 0 Å². The lowest BCUT2D eigenvalue weighted by Crippen LogP contribution is -2.13. The molecule has 0 aliphatic heterocycles. The van der Waals surface area contributed by atoms with E-state index >= 15 is 0 Å². The van der Waals surface area contributed by atoms with E-state index < -0.39 is 0 Å². The second-order valence-electron chi connectivity index (χ2n) is 9.82. The van der Waals surface area contributed by atoms with Crippen molar-refractivity contribution in [1.82, 2.24) is 0 Å². The summed E-state index contributed by atoms with van der Waals surface area (Å²) in [4.78, 5) is 0. The van der Waals surface area contributed by atoms with E-state index in [0.717, 1.165) is 17.4 Å². The molecular formula is C30H43F. The molecule has 0 unspecified atom stereocenters. The second-order valence-corrected chi connectivity index (χ2v) is 9.82. The molecule has 0 amide bonds. The number of benzene rings is 2. The minimum Gasteiger partial charge on any atom is -0.207 e. The van der Waals surface area contributed by atoms with Gasteiger partial charge in [0.25, 0.3) is 0 Å². The van der Waals surface area contributed by atoms with Gasteiger partial charge in [-0.1, -0.05) is 114 Å². The molecule has 0 radical (unpaired) electrons. The van der Waals surface area contributed by atoms with E-state index in [2.05, 4.69) is 31.2 Å². The van der Waals surface area contributed by atoms with Crippen LogP contribution in [0.25, 0.3) is 11.1 Å². The van der Waals surface area contributed by atoms with Crippen LogP contribution >= 0.6 is 0 Å². The number of hydrogen-bond acceptors (Lipinski definition) is 0. The monoisotopic (exact) mass is 422 g/mol. The molecule has 1 saturated carbocycles. The Morgan fingerprint density at radius 1 is 0.613 bits per heavy atom. The highest BCUT2D eigenvalue weighted by molar-refractivity contribution is 5.63. The van der Waals surface area contributed by atoms with Crippen molar-refractivity contribution in [3.8, 4) is 11.1 Å². The number of hydrogen-bond donors (Lipinski definition) is 0. The molecule has 0 atom stereocenters. The van der Waals surface area contributed by atoms with Crippen LogP contribution in [0.4, 0.5) is 4.39 Å². The molecule has 0 N–H and O–H groups in total. The fraction of sp³-hybridized carbons (Fsp3) is 0.600. The van der Waals surface area contributed by atoms with Crippen molar-refractivity contribution in [2.45, 2.75) is 109 Å². The minimum atomic E-state index is -0.171.